The summed E-state index contributed by atoms with van der Waals surface area (Å²) in [6.45, 7) is 6.09. The summed E-state index contributed by atoms with van der Waals surface area (Å²) in [4.78, 5) is 23.9. The Balaban J connectivity index is 3.47. The molecule has 0 aromatic carbocycles. The fourth-order valence-electron chi connectivity index (χ4n) is 3.81. The zero-order valence-electron chi connectivity index (χ0n) is 18.8. The molecule has 0 spiro atoms. The van der Waals surface area contributed by atoms with Crippen molar-refractivity contribution >= 4 is 11.6 Å². The van der Waals surface area contributed by atoms with E-state index in [1.165, 1.54) is 77.0 Å². The molecule has 1 unspecified atom stereocenters. The van der Waals surface area contributed by atoms with E-state index in [0.29, 0.717) is 18.6 Å². The molecule has 0 aliphatic heterocycles. The van der Waals surface area contributed by atoms with Gasteiger partial charge in [-0.15, -0.1) is 0 Å². The molecule has 0 fully saturated rings. The monoisotopic (exact) mass is 380 g/mol. The van der Waals surface area contributed by atoms with Gasteiger partial charge in [0.15, 0.2) is 0 Å². The van der Waals surface area contributed by atoms with E-state index in [-0.39, 0.29) is 11.7 Å². The Kier molecular flexibility index (Phi) is 19.6. The Hall–Kier alpha value is -0.660. The van der Waals surface area contributed by atoms with Crippen LogP contribution in [0.4, 0.5) is 0 Å². The molecule has 0 saturated heterocycles. The van der Waals surface area contributed by atoms with Crippen LogP contribution in [0.25, 0.3) is 0 Å². The first kappa shape index (κ1) is 26.3. The van der Waals surface area contributed by atoms with Crippen LogP contribution in [-0.2, 0) is 9.59 Å². The van der Waals surface area contributed by atoms with E-state index in [4.69, 9.17) is 0 Å². The van der Waals surface area contributed by atoms with Crippen molar-refractivity contribution in [2.24, 2.45) is 5.92 Å². The summed E-state index contributed by atoms with van der Waals surface area (Å²) in [7, 11) is 0. The molecular weight excluding hydrogens is 332 g/mol. The maximum absolute atomic E-state index is 12.1. The van der Waals surface area contributed by atoms with Crippen molar-refractivity contribution in [3.63, 3.8) is 0 Å². The number of ketones is 2. The molecule has 2 nitrogen and oxygen atoms in total. The van der Waals surface area contributed by atoms with Crippen LogP contribution in [0.5, 0.6) is 0 Å². The molecule has 0 N–H and O–H groups in total. The Labute approximate surface area is 170 Å². The van der Waals surface area contributed by atoms with Gasteiger partial charge in [-0.2, -0.15) is 0 Å². The average molecular weight is 381 g/mol. The zero-order valence-corrected chi connectivity index (χ0v) is 18.8. The number of Topliss-reactive ketones (excluding diaryl/α,β-unsaturated/α-hetero) is 2. The molecular formula is C25H48O2. The summed E-state index contributed by atoms with van der Waals surface area (Å²) in [5.41, 5.74) is 0. The second-order valence-corrected chi connectivity index (χ2v) is 8.54. The van der Waals surface area contributed by atoms with Gasteiger partial charge in [0, 0.05) is 18.8 Å². The normalized spacial score (nSPS) is 12.3. The van der Waals surface area contributed by atoms with Gasteiger partial charge >= 0.3 is 0 Å². The summed E-state index contributed by atoms with van der Waals surface area (Å²) < 4.78 is 0. The van der Waals surface area contributed by atoms with Gasteiger partial charge in [-0.25, -0.2) is 0 Å². The SMILES string of the molecule is CCCCCCCCCCCCCCCC(=O)CC(CCCCC)C(C)=O. The first-order valence-electron chi connectivity index (χ1n) is 12.1. The third-order valence-corrected chi connectivity index (χ3v) is 5.76. The van der Waals surface area contributed by atoms with Gasteiger partial charge in [-0.05, 0) is 19.8 Å². The minimum atomic E-state index is -0.0222. The summed E-state index contributed by atoms with van der Waals surface area (Å²) >= 11 is 0. The molecule has 1 atom stereocenters. The standard InChI is InChI=1S/C25H48O2/c1-4-6-8-9-10-11-12-13-14-15-16-17-19-21-25(27)22-24(23(3)26)20-18-7-5-2/h24H,4-22H2,1-3H3. The Bertz CT molecular complexity index is 348. The van der Waals surface area contributed by atoms with Crippen molar-refractivity contribution in [1.29, 1.82) is 0 Å². The third kappa shape index (κ3) is 18.5. The minimum Gasteiger partial charge on any atom is -0.300 e. The lowest BCUT2D eigenvalue weighted by molar-refractivity contribution is -0.127. The third-order valence-electron chi connectivity index (χ3n) is 5.76. The second kappa shape index (κ2) is 20.1. The molecule has 2 heteroatoms. The van der Waals surface area contributed by atoms with Crippen molar-refractivity contribution < 1.29 is 9.59 Å². The molecule has 0 aliphatic rings. The maximum atomic E-state index is 12.1. The molecule has 0 saturated carbocycles. The van der Waals surface area contributed by atoms with Gasteiger partial charge in [0.25, 0.3) is 0 Å². The Morgan fingerprint density at radius 2 is 1.00 bits per heavy atom. The van der Waals surface area contributed by atoms with E-state index in [1.54, 1.807) is 6.92 Å². The molecule has 0 aromatic rings. The highest BCUT2D eigenvalue weighted by molar-refractivity contribution is 5.86. The Morgan fingerprint density at radius 1 is 0.593 bits per heavy atom. The van der Waals surface area contributed by atoms with Crippen LogP contribution >= 0.6 is 0 Å². The highest BCUT2D eigenvalue weighted by atomic mass is 16.1. The molecule has 0 radical (unpaired) electrons. The average Bonchev–Trinajstić information content (AvgIpc) is 2.64. The zero-order chi connectivity index (χ0) is 20.2. The van der Waals surface area contributed by atoms with E-state index in [0.717, 1.165) is 32.1 Å². The van der Waals surface area contributed by atoms with Gasteiger partial charge in [0.1, 0.15) is 11.6 Å². The predicted molar refractivity (Wildman–Crippen MR) is 118 cm³/mol. The molecule has 0 rings (SSSR count). The smallest absolute Gasteiger partial charge is 0.133 e. The molecule has 0 heterocycles. The van der Waals surface area contributed by atoms with Gasteiger partial charge < -0.3 is 0 Å². The summed E-state index contributed by atoms with van der Waals surface area (Å²) in [6, 6.07) is 0. The van der Waals surface area contributed by atoms with Crippen molar-refractivity contribution in [2.75, 3.05) is 0 Å². The number of unbranched alkanes of at least 4 members (excludes halogenated alkanes) is 14. The van der Waals surface area contributed by atoms with Gasteiger partial charge in [0.2, 0.25) is 0 Å². The van der Waals surface area contributed by atoms with E-state index < -0.39 is 0 Å². The molecule has 0 aliphatic carbocycles. The summed E-state index contributed by atoms with van der Waals surface area (Å²) in [6.07, 6.45) is 22.8. The van der Waals surface area contributed by atoms with Crippen LogP contribution in [0.15, 0.2) is 0 Å². The second-order valence-electron chi connectivity index (χ2n) is 8.54. The molecule has 160 valence electrons. The van der Waals surface area contributed by atoms with Crippen molar-refractivity contribution in [1.82, 2.24) is 0 Å². The molecule has 0 aromatic heterocycles. The highest BCUT2D eigenvalue weighted by Gasteiger charge is 2.17. The quantitative estimate of drug-likeness (QED) is 0.188. The van der Waals surface area contributed by atoms with Gasteiger partial charge in [-0.3, -0.25) is 9.59 Å². The highest BCUT2D eigenvalue weighted by Crippen LogP contribution is 2.18. The molecule has 27 heavy (non-hydrogen) atoms. The van der Waals surface area contributed by atoms with Crippen LogP contribution < -0.4 is 0 Å². The molecule has 0 amide bonds. The first-order chi connectivity index (χ1) is 13.1. The van der Waals surface area contributed by atoms with Gasteiger partial charge in [-0.1, -0.05) is 110 Å². The van der Waals surface area contributed by atoms with Crippen molar-refractivity contribution in [3.8, 4) is 0 Å². The lowest BCUT2D eigenvalue weighted by Crippen LogP contribution is -2.16. The molecule has 0 bridgehead atoms. The fraction of sp³-hybridized carbons (Fsp3) is 0.920. The summed E-state index contributed by atoms with van der Waals surface area (Å²) in [5, 5.41) is 0. The van der Waals surface area contributed by atoms with E-state index in [1.807, 2.05) is 0 Å². The van der Waals surface area contributed by atoms with E-state index >= 15 is 0 Å². The number of rotatable bonds is 21. The fourth-order valence-corrected chi connectivity index (χ4v) is 3.81. The van der Waals surface area contributed by atoms with Crippen molar-refractivity contribution in [2.45, 2.75) is 143 Å². The van der Waals surface area contributed by atoms with Gasteiger partial charge in [0.05, 0.1) is 0 Å². The lowest BCUT2D eigenvalue weighted by Gasteiger charge is -2.12. The Morgan fingerprint density at radius 3 is 1.44 bits per heavy atom. The predicted octanol–water partition coefficient (Wildman–Crippen LogP) is 8.21. The first-order valence-corrected chi connectivity index (χ1v) is 12.1. The summed E-state index contributed by atoms with van der Waals surface area (Å²) in [5.74, 6) is 0.477. The van der Waals surface area contributed by atoms with E-state index in [9.17, 15) is 9.59 Å². The maximum Gasteiger partial charge on any atom is 0.133 e. The number of hydrogen-bond donors (Lipinski definition) is 0. The minimum absolute atomic E-state index is 0.0222. The number of carbonyl (C=O) groups is 2. The largest absolute Gasteiger partial charge is 0.300 e. The number of carbonyl (C=O) groups excluding carboxylic acids is 2. The van der Waals surface area contributed by atoms with Crippen molar-refractivity contribution in [3.05, 3.63) is 0 Å². The van der Waals surface area contributed by atoms with Crippen LogP contribution in [0.2, 0.25) is 0 Å². The number of hydrogen-bond acceptors (Lipinski definition) is 2. The lowest BCUT2D eigenvalue weighted by atomic mass is 9.91. The van der Waals surface area contributed by atoms with Crippen LogP contribution in [0, 0.1) is 5.92 Å². The van der Waals surface area contributed by atoms with E-state index in [2.05, 4.69) is 13.8 Å². The topological polar surface area (TPSA) is 34.1 Å². The van der Waals surface area contributed by atoms with Crippen LogP contribution in [0.1, 0.15) is 143 Å². The van der Waals surface area contributed by atoms with Crippen LogP contribution in [0.3, 0.4) is 0 Å². The van der Waals surface area contributed by atoms with Crippen LogP contribution in [-0.4, -0.2) is 11.6 Å².